The van der Waals surface area contributed by atoms with Gasteiger partial charge >= 0.3 is 0 Å². The van der Waals surface area contributed by atoms with Crippen LogP contribution in [-0.4, -0.2) is 19.1 Å². The van der Waals surface area contributed by atoms with E-state index in [9.17, 15) is 4.79 Å². The first kappa shape index (κ1) is 16.3. The number of ether oxygens (including phenoxy) is 1. The molecule has 1 amide bonds. The molecule has 1 aromatic rings. The van der Waals surface area contributed by atoms with Gasteiger partial charge in [-0.25, -0.2) is 0 Å². The molecule has 0 saturated carbocycles. The molecule has 0 aliphatic heterocycles. The van der Waals surface area contributed by atoms with Crippen LogP contribution in [0, 0.1) is 5.92 Å². The number of rotatable bonds is 8. The van der Waals surface area contributed by atoms with E-state index in [1.54, 1.807) is 18.2 Å². The highest BCUT2D eigenvalue weighted by Crippen LogP contribution is 2.23. The number of unbranched alkanes of at least 4 members (excludes halogenated alkanes) is 2. The number of nitrogen functional groups attached to an aromatic ring is 1. The van der Waals surface area contributed by atoms with Crippen LogP contribution in [0.3, 0.4) is 0 Å². The van der Waals surface area contributed by atoms with Crippen LogP contribution in [0.25, 0.3) is 0 Å². The molecule has 0 fully saturated rings. The fourth-order valence-electron chi connectivity index (χ4n) is 1.74. The van der Waals surface area contributed by atoms with Gasteiger partial charge < -0.3 is 15.8 Å². The lowest BCUT2D eigenvalue weighted by molar-refractivity contribution is 0.0952. The predicted octanol–water partition coefficient (Wildman–Crippen LogP) is 3.22. The zero-order valence-corrected chi connectivity index (χ0v) is 12.7. The molecule has 4 heteroatoms. The maximum atomic E-state index is 12.0. The Kier molecular flexibility index (Phi) is 6.91. The summed E-state index contributed by atoms with van der Waals surface area (Å²) in [6.45, 7) is 7.58. The fraction of sp³-hybridized carbons (Fsp3) is 0.562. The van der Waals surface area contributed by atoms with Crippen molar-refractivity contribution in [3.63, 3.8) is 0 Å². The summed E-state index contributed by atoms with van der Waals surface area (Å²) in [7, 11) is 0. The summed E-state index contributed by atoms with van der Waals surface area (Å²) >= 11 is 0. The van der Waals surface area contributed by atoms with Crippen LogP contribution in [0.1, 0.15) is 50.4 Å². The molecule has 0 bridgehead atoms. The Labute approximate surface area is 121 Å². The smallest absolute Gasteiger partial charge is 0.251 e. The average Bonchev–Trinajstić information content (AvgIpc) is 2.42. The third-order valence-corrected chi connectivity index (χ3v) is 2.91. The molecule has 0 aromatic heterocycles. The van der Waals surface area contributed by atoms with Crippen LogP contribution < -0.4 is 15.8 Å². The van der Waals surface area contributed by atoms with Crippen molar-refractivity contribution in [3.05, 3.63) is 23.8 Å². The maximum Gasteiger partial charge on any atom is 0.251 e. The minimum atomic E-state index is -0.0736. The van der Waals surface area contributed by atoms with E-state index >= 15 is 0 Å². The Morgan fingerprint density at radius 2 is 2.10 bits per heavy atom. The average molecular weight is 278 g/mol. The van der Waals surface area contributed by atoms with Crippen molar-refractivity contribution in [2.24, 2.45) is 5.92 Å². The van der Waals surface area contributed by atoms with Crippen molar-refractivity contribution in [2.75, 3.05) is 18.9 Å². The summed E-state index contributed by atoms with van der Waals surface area (Å²) in [5, 5.41) is 2.91. The second-order valence-electron chi connectivity index (χ2n) is 5.42. The Morgan fingerprint density at radius 3 is 2.75 bits per heavy atom. The fourth-order valence-corrected chi connectivity index (χ4v) is 1.74. The zero-order valence-electron chi connectivity index (χ0n) is 12.7. The van der Waals surface area contributed by atoms with Crippen LogP contribution in [0.15, 0.2) is 18.2 Å². The highest BCUT2D eigenvalue weighted by atomic mass is 16.5. The van der Waals surface area contributed by atoms with E-state index in [0.29, 0.717) is 36.1 Å². The van der Waals surface area contributed by atoms with Gasteiger partial charge in [0.15, 0.2) is 0 Å². The molecular weight excluding hydrogens is 252 g/mol. The summed E-state index contributed by atoms with van der Waals surface area (Å²) in [4.78, 5) is 12.0. The lowest BCUT2D eigenvalue weighted by Gasteiger charge is -2.12. The summed E-state index contributed by atoms with van der Waals surface area (Å²) in [5.74, 6) is 0.927. The van der Waals surface area contributed by atoms with Crippen LogP contribution in [0.2, 0.25) is 0 Å². The first-order valence-electron chi connectivity index (χ1n) is 7.35. The minimum Gasteiger partial charge on any atom is -0.491 e. The maximum absolute atomic E-state index is 12.0. The number of carbonyl (C=O) groups excluding carboxylic acids is 1. The molecule has 0 spiro atoms. The van der Waals surface area contributed by atoms with Gasteiger partial charge in [0, 0.05) is 12.1 Å². The van der Waals surface area contributed by atoms with Crippen LogP contribution in [0.4, 0.5) is 5.69 Å². The molecule has 0 radical (unpaired) electrons. The molecule has 112 valence electrons. The molecule has 4 nitrogen and oxygen atoms in total. The molecule has 3 N–H and O–H groups in total. The highest BCUT2D eigenvalue weighted by molar-refractivity contribution is 5.95. The molecule has 0 atom stereocenters. The minimum absolute atomic E-state index is 0.0736. The molecular formula is C16H26N2O2. The largest absolute Gasteiger partial charge is 0.491 e. The topological polar surface area (TPSA) is 64.4 Å². The van der Waals surface area contributed by atoms with Crippen LogP contribution in [0.5, 0.6) is 5.75 Å². The number of hydrogen-bond donors (Lipinski definition) is 2. The van der Waals surface area contributed by atoms with Gasteiger partial charge in [-0.3, -0.25) is 4.79 Å². The molecule has 0 aliphatic rings. The number of nitrogens with one attached hydrogen (secondary N) is 1. The van der Waals surface area contributed by atoms with Gasteiger partial charge in [0.25, 0.3) is 5.91 Å². The third kappa shape index (κ3) is 5.51. The molecule has 0 unspecified atom stereocenters. The van der Waals surface area contributed by atoms with E-state index in [2.05, 4.69) is 26.1 Å². The van der Waals surface area contributed by atoms with Gasteiger partial charge in [-0.05, 0) is 30.5 Å². The summed E-state index contributed by atoms with van der Waals surface area (Å²) in [6, 6.07) is 5.16. The van der Waals surface area contributed by atoms with Crippen molar-refractivity contribution in [3.8, 4) is 5.75 Å². The standard InChI is InChI=1S/C16H26N2O2/c1-4-5-6-9-18-16(19)13-7-8-14(17)15(10-13)20-11-12(2)3/h7-8,10,12H,4-6,9,11,17H2,1-3H3,(H,18,19). The monoisotopic (exact) mass is 278 g/mol. The molecule has 0 heterocycles. The molecule has 1 aromatic carbocycles. The van der Waals surface area contributed by atoms with Crippen LogP contribution in [-0.2, 0) is 0 Å². The summed E-state index contributed by atoms with van der Waals surface area (Å²) < 4.78 is 5.63. The lowest BCUT2D eigenvalue weighted by atomic mass is 10.1. The van der Waals surface area contributed by atoms with Crippen molar-refractivity contribution in [2.45, 2.75) is 40.0 Å². The number of amides is 1. The molecule has 20 heavy (non-hydrogen) atoms. The van der Waals surface area contributed by atoms with Crippen molar-refractivity contribution < 1.29 is 9.53 Å². The first-order chi connectivity index (χ1) is 9.54. The van der Waals surface area contributed by atoms with E-state index < -0.39 is 0 Å². The molecule has 1 rings (SSSR count). The molecule has 0 saturated heterocycles. The van der Waals surface area contributed by atoms with Gasteiger partial charge in [0.1, 0.15) is 5.75 Å². The molecule has 0 aliphatic carbocycles. The third-order valence-electron chi connectivity index (χ3n) is 2.91. The second-order valence-corrected chi connectivity index (χ2v) is 5.42. The number of benzene rings is 1. The Balaban J connectivity index is 2.61. The Hall–Kier alpha value is -1.71. The Bertz CT molecular complexity index is 430. The SMILES string of the molecule is CCCCCNC(=O)c1ccc(N)c(OCC(C)C)c1. The van der Waals surface area contributed by atoms with Crippen molar-refractivity contribution in [1.29, 1.82) is 0 Å². The van der Waals surface area contributed by atoms with Gasteiger partial charge in [-0.15, -0.1) is 0 Å². The van der Waals surface area contributed by atoms with Crippen molar-refractivity contribution >= 4 is 11.6 Å². The summed E-state index contributed by atoms with van der Waals surface area (Å²) in [5.41, 5.74) is 7.01. The summed E-state index contributed by atoms with van der Waals surface area (Å²) in [6.07, 6.45) is 3.28. The predicted molar refractivity (Wildman–Crippen MR) is 83.0 cm³/mol. The number of anilines is 1. The number of nitrogens with two attached hydrogens (primary N) is 1. The quantitative estimate of drug-likeness (QED) is 0.567. The van der Waals surface area contributed by atoms with Crippen LogP contribution >= 0.6 is 0 Å². The van der Waals surface area contributed by atoms with E-state index in [1.807, 2.05) is 0 Å². The number of carbonyl (C=O) groups is 1. The normalized spacial score (nSPS) is 10.6. The van der Waals surface area contributed by atoms with Gasteiger partial charge in [-0.1, -0.05) is 33.6 Å². The van der Waals surface area contributed by atoms with Crippen molar-refractivity contribution in [1.82, 2.24) is 5.32 Å². The zero-order chi connectivity index (χ0) is 15.0. The second kappa shape index (κ2) is 8.46. The van der Waals surface area contributed by atoms with E-state index in [-0.39, 0.29) is 5.91 Å². The number of hydrogen-bond acceptors (Lipinski definition) is 3. The lowest BCUT2D eigenvalue weighted by Crippen LogP contribution is -2.24. The van der Waals surface area contributed by atoms with E-state index in [1.165, 1.54) is 0 Å². The van der Waals surface area contributed by atoms with Gasteiger partial charge in [0.05, 0.1) is 12.3 Å². The Morgan fingerprint density at radius 1 is 1.35 bits per heavy atom. The van der Waals surface area contributed by atoms with E-state index in [0.717, 1.165) is 19.3 Å². The van der Waals surface area contributed by atoms with E-state index in [4.69, 9.17) is 10.5 Å². The highest BCUT2D eigenvalue weighted by Gasteiger charge is 2.09. The van der Waals surface area contributed by atoms with Gasteiger partial charge in [0.2, 0.25) is 0 Å². The first-order valence-corrected chi connectivity index (χ1v) is 7.35. The van der Waals surface area contributed by atoms with Gasteiger partial charge in [-0.2, -0.15) is 0 Å².